The van der Waals surface area contributed by atoms with E-state index in [-0.39, 0.29) is 0 Å². The van der Waals surface area contributed by atoms with Crippen molar-refractivity contribution in [3.05, 3.63) is 11.6 Å². The highest BCUT2D eigenvalue weighted by molar-refractivity contribution is 9.09. The third-order valence-corrected chi connectivity index (χ3v) is 2.81. The van der Waals surface area contributed by atoms with E-state index in [2.05, 4.69) is 35.9 Å². The predicted molar refractivity (Wildman–Crippen MR) is 49.5 cm³/mol. The van der Waals surface area contributed by atoms with Crippen LogP contribution in [0.2, 0.25) is 0 Å². The molecule has 0 atom stereocenters. The molecule has 0 aromatic heterocycles. The molecule has 1 heteroatoms. The summed E-state index contributed by atoms with van der Waals surface area (Å²) in [5.74, 6) is 0. The monoisotopic (exact) mass is 202 g/mol. The van der Waals surface area contributed by atoms with Crippen LogP contribution in [0, 0.1) is 5.41 Å². The number of hydrogen-bond donors (Lipinski definition) is 0. The quantitative estimate of drug-likeness (QED) is 0.451. The Hall–Kier alpha value is 0.220. The van der Waals surface area contributed by atoms with Crippen LogP contribution in [0.5, 0.6) is 0 Å². The van der Waals surface area contributed by atoms with E-state index in [4.69, 9.17) is 0 Å². The van der Waals surface area contributed by atoms with Crippen LogP contribution in [-0.2, 0) is 0 Å². The SMILES string of the molecule is CC1(C)C=C(CBr)CCC1. The number of rotatable bonds is 1. The maximum absolute atomic E-state index is 3.49. The van der Waals surface area contributed by atoms with Crippen molar-refractivity contribution < 1.29 is 0 Å². The zero-order chi connectivity index (χ0) is 7.61. The molecule has 0 N–H and O–H groups in total. The fourth-order valence-corrected chi connectivity index (χ4v) is 2.02. The van der Waals surface area contributed by atoms with Crippen molar-refractivity contribution in [1.82, 2.24) is 0 Å². The van der Waals surface area contributed by atoms with Crippen LogP contribution in [0.3, 0.4) is 0 Å². The Morgan fingerprint density at radius 2 is 2.30 bits per heavy atom. The highest BCUT2D eigenvalue weighted by Crippen LogP contribution is 2.33. The van der Waals surface area contributed by atoms with Gasteiger partial charge >= 0.3 is 0 Å². The standard InChI is InChI=1S/C9H15Br/c1-9(2)5-3-4-8(6-9)7-10/h6H,3-5,7H2,1-2H3. The Kier molecular flexibility index (Phi) is 2.56. The second kappa shape index (κ2) is 3.08. The zero-order valence-electron chi connectivity index (χ0n) is 6.78. The Bertz CT molecular complexity index is 145. The van der Waals surface area contributed by atoms with Gasteiger partial charge in [0, 0.05) is 5.33 Å². The molecule has 0 saturated heterocycles. The Balaban J connectivity index is 2.66. The molecule has 0 saturated carbocycles. The van der Waals surface area contributed by atoms with Gasteiger partial charge in [-0.15, -0.1) is 0 Å². The molecule has 1 aliphatic carbocycles. The van der Waals surface area contributed by atoms with E-state index in [1.807, 2.05) is 0 Å². The summed E-state index contributed by atoms with van der Waals surface area (Å²) in [7, 11) is 0. The van der Waals surface area contributed by atoms with Crippen LogP contribution >= 0.6 is 15.9 Å². The molecular weight excluding hydrogens is 188 g/mol. The zero-order valence-corrected chi connectivity index (χ0v) is 8.37. The molecule has 0 bridgehead atoms. The third-order valence-electron chi connectivity index (χ3n) is 2.09. The van der Waals surface area contributed by atoms with E-state index in [0.717, 1.165) is 5.33 Å². The smallest absolute Gasteiger partial charge is 0.0242 e. The molecular formula is C9H15Br. The first kappa shape index (κ1) is 8.32. The van der Waals surface area contributed by atoms with Gasteiger partial charge in [0.25, 0.3) is 0 Å². The van der Waals surface area contributed by atoms with Crippen LogP contribution in [0.25, 0.3) is 0 Å². The van der Waals surface area contributed by atoms with Crippen LogP contribution in [-0.4, -0.2) is 5.33 Å². The Morgan fingerprint density at radius 3 is 2.70 bits per heavy atom. The first-order valence-electron chi connectivity index (χ1n) is 3.91. The molecule has 0 spiro atoms. The van der Waals surface area contributed by atoms with Crippen LogP contribution in [0.15, 0.2) is 11.6 Å². The molecule has 0 amide bonds. The van der Waals surface area contributed by atoms with Gasteiger partial charge in [0.1, 0.15) is 0 Å². The van der Waals surface area contributed by atoms with Gasteiger partial charge in [-0.1, -0.05) is 41.4 Å². The maximum Gasteiger partial charge on any atom is 0.0242 e. The average molecular weight is 203 g/mol. The van der Waals surface area contributed by atoms with E-state index in [9.17, 15) is 0 Å². The van der Waals surface area contributed by atoms with E-state index in [1.165, 1.54) is 19.3 Å². The lowest BCUT2D eigenvalue weighted by Gasteiger charge is -2.26. The second-order valence-electron chi connectivity index (χ2n) is 3.78. The first-order valence-corrected chi connectivity index (χ1v) is 5.03. The van der Waals surface area contributed by atoms with Gasteiger partial charge in [-0.2, -0.15) is 0 Å². The molecule has 1 aliphatic rings. The second-order valence-corrected chi connectivity index (χ2v) is 4.34. The van der Waals surface area contributed by atoms with Crippen molar-refractivity contribution in [3.63, 3.8) is 0 Å². The average Bonchev–Trinajstić information content (AvgIpc) is 1.86. The summed E-state index contributed by atoms with van der Waals surface area (Å²) in [6.07, 6.45) is 6.44. The van der Waals surface area contributed by atoms with E-state index >= 15 is 0 Å². The van der Waals surface area contributed by atoms with Crippen molar-refractivity contribution in [2.45, 2.75) is 33.1 Å². The van der Waals surface area contributed by atoms with E-state index in [0.29, 0.717) is 5.41 Å². The summed E-state index contributed by atoms with van der Waals surface area (Å²) < 4.78 is 0. The lowest BCUT2D eigenvalue weighted by Crippen LogP contribution is -2.13. The fourth-order valence-electron chi connectivity index (χ4n) is 1.57. The summed E-state index contributed by atoms with van der Waals surface area (Å²) in [5, 5.41) is 1.07. The molecule has 1 rings (SSSR count). The summed E-state index contributed by atoms with van der Waals surface area (Å²) in [6.45, 7) is 4.63. The van der Waals surface area contributed by atoms with Gasteiger partial charge in [-0.3, -0.25) is 0 Å². The number of allylic oxidation sites excluding steroid dienone is 2. The molecule has 0 heterocycles. The summed E-state index contributed by atoms with van der Waals surface area (Å²) >= 11 is 3.49. The van der Waals surface area contributed by atoms with Crippen molar-refractivity contribution >= 4 is 15.9 Å². The molecule has 0 aliphatic heterocycles. The lowest BCUT2D eigenvalue weighted by atomic mass is 9.80. The molecule has 0 nitrogen and oxygen atoms in total. The van der Waals surface area contributed by atoms with Crippen LogP contribution in [0.1, 0.15) is 33.1 Å². The summed E-state index contributed by atoms with van der Waals surface area (Å²) in [4.78, 5) is 0. The molecule has 58 valence electrons. The fraction of sp³-hybridized carbons (Fsp3) is 0.778. The minimum absolute atomic E-state index is 0.460. The minimum Gasteiger partial charge on any atom is -0.0880 e. The molecule has 0 aromatic rings. The molecule has 10 heavy (non-hydrogen) atoms. The predicted octanol–water partition coefficient (Wildman–Crippen LogP) is 3.52. The largest absolute Gasteiger partial charge is 0.0880 e. The molecule has 0 radical (unpaired) electrons. The minimum atomic E-state index is 0.460. The van der Waals surface area contributed by atoms with Gasteiger partial charge in [-0.05, 0) is 24.7 Å². The Labute approximate surface area is 71.8 Å². The number of halogens is 1. The van der Waals surface area contributed by atoms with Crippen molar-refractivity contribution in [2.24, 2.45) is 5.41 Å². The van der Waals surface area contributed by atoms with Crippen molar-refractivity contribution in [2.75, 3.05) is 5.33 Å². The van der Waals surface area contributed by atoms with Gasteiger partial charge in [0.2, 0.25) is 0 Å². The van der Waals surface area contributed by atoms with Gasteiger partial charge in [0.15, 0.2) is 0 Å². The number of hydrogen-bond acceptors (Lipinski definition) is 0. The van der Waals surface area contributed by atoms with Gasteiger partial charge in [0.05, 0.1) is 0 Å². The highest BCUT2D eigenvalue weighted by Gasteiger charge is 2.19. The van der Waals surface area contributed by atoms with Gasteiger partial charge < -0.3 is 0 Å². The van der Waals surface area contributed by atoms with Crippen LogP contribution < -0.4 is 0 Å². The van der Waals surface area contributed by atoms with E-state index < -0.39 is 0 Å². The highest BCUT2D eigenvalue weighted by atomic mass is 79.9. The topological polar surface area (TPSA) is 0 Å². The first-order chi connectivity index (χ1) is 4.64. The van der Waals surface area contributed by atoms with Crippen LogP contribution in [0.4, 0.5) is 0 Å². The summed E-state index contributed by atoms with van der Waals surface area (Å²) in [5.41, 5.74) is 2.04. The summed E-state index contributed by atoms with van der Waals surface area (Å²) in [6, 6.07) is 0. The molecule has 0 unspecified atom stereocenters. The van der Waals surface area contributed by atoms with Gasteiger partial charge in [-0.25, -0.2) is 0 Å². The normalized spacial score (nSPS) is 24.1. The van der Waals surface area contributed by atoms with Crippen molar-refractivity contribution in [3.8, 4) is 0 Å². The maximum atomic E-state index is 3.49. The number of alkyl halides is 1. The molecule has 0 fully saturated rings. The molecule has 0 aromatic carbocycles. The van der Waals surface area contributed by atoms with E-state index in [1.54, 1.807) is 5.57 Å². The Morgan fingerprint density at radius 1 is 1.60 bits per heavy atom. The van der Waals surface area contributed by atoms with Crippen molar-refractivity contribution in [1.29, 1.82) is 0 Å². The lowest BCUT2D eigenvalue weighted by molar-refractivity contribution is 0.398. The third kappa shape index (κ3) is 2.12.